The Morgan fingerprint density at radius 3 is 1.83 bits per heavy atom. The second kappa shape index (κ2) is 13.2. The standard InChI is InChI=1S/C29H33N/c1-2-7-11-16-22-27(23-17-12-8-3-1)30-29-25-19-13-18-24-28(29)26-20-14-9-5-4-6-10-15-21-26/h1-12,14-17,20-23,28-30H,13,18-19,24-25H2/b2-1-,3-1?,5-4?,6-4?,7-2?,8-3-,9-5?,10-6?,11-7-,12-8?,14-9?,15-10?,16-11?,17-12-,20-14?,21-15?,22-16-,23-17?,26-20?,26-21?,27-22?,27-23+. The number of nitrogens with one attached hydrogen (secondary N) is 1. The Hall–Kier alpha value is -3.06. The maximum absolute atomic E-state index is 3.88. The highest BCUT2D eigenvalue weighted by atomic mass is 14.9. The minimum absolute atomic E-state index is 0.427. The van der Waals surface area contributed by atoms with Crippen molar-refractivity contribution in [2.45, 2.75) is 44.1 Å². The lowest BCUT2D eigenvalue weighted by molar-refractivity contribution is 0.446. The zero-order chi connectivity index (χ0) is 20.7. The van der Waals surface area contributed by atoms with E-state index in [1.54, 1.807) is 0 Å². The van der Waals surface area contributed by atoms with Crippen molar-refractivity contribution in [2.24, 2.45) is 0 Å². The summed E-state index contributed by atoms with van der Waals surface area (Å²) in [6, 6.07) is 19.8. The fourth-order valence-corrected chi connectivity index (χ4v) is 3.97. The summed E-state index contributed by atoms with van der Waals surface area (Å²) >= 11 is 0. The first kappa shape index (κ1) is 21.6. The highest BCUT2D eigenvalue weighted by molar-refractivity contribution is 5.30. The molecule has 2 atom stereocenters. The Morgan fingerprint density at radius 1 is 0.567 bits per heavy atom. The quantitative estimate of drug-likeness (QED) is 0.523. The summed E-state index contributed by atoms with van der Waals surface area (Å²) in [4.78, 5) is 0. The van der Waals surface area contributed by atoms with Gasteiger partial charge in [0, 0.05) is 17.7 Å². The van der Waals surface area contributed by atoms with Gasteiger partial charge in [-0.2, -0.15) is 0 Å². The summed E-state index contributed by atoms with van der Waals surface area (Å²) in [6.45, 7) is 0. The molecular formula is C29H33N. The molecule has 30 heavy (non-hydrogen) atoms. The van der Waals surface area contributed by atoms with Crippen molar-refractivity contribution in [1.82, 2.24) is 5.32 Å². The van der Waals surface area contributed by atoms with Gasteiger partial charge in [-0.3, -0.25) is 0 Å². The van der Waals surface area contributed by atoms with Crippen molar-refractivity contribution in [1.29, 1.82) is 0 Å². The van der Waals surface area contributed by atoms with Crippen LogP contribution in [0.1, 0.15) is 43.6 Å². The predicted molar refractivity (Wildman–Crippen MR) is 131 cm³/mol. The molecule has 1 heteroatoms. The van der Waals surface area contributed by atoms with E-state index in [1.165, 1.54) is 37.7 Å². The molecule has 0 heterocycles. The van der Waals surface area contributed by atoms with Gasteiger partial charge in [-0.05, 0) is 30.6 Å². The fraction of sp³-hybridized carbons (Fsp3) is 0.241. The van der Waals surface area contributed by atoms with E-state index in [2.05, 4.69) is 109 Å². The van der Waals surface area contributed by atoms with Crippen LogP contribution in [-0.4, -0.2) is 6.04 Å². The molecule has 2 unspecified atom stereocenters. The van der Waals surface area contributed by atoms with Crippen molar-refractivity contribution < 1.29 is 0 Å². The second-order valence-electron chi connectivity index (χ2n) is 7.70. The smallest absolute Gasteiger partial charge is 0.0342 e. The number of rotatable bonds is 3. The monoisotopic (exact) mass is 395 g/mol. The van der Waals surface area contributed by atoms with E-state index in [9.17, 15) is 0 Å². The lowest BCUT2D eigenvalue weighted by Crippen LogP contribution is -2.33. The Morgan fingerprint density at radius 2 is 1.13 bits per heavy atom. The summed E-state index contributed by atoms with van der Waals surface area (Å²) in [5.74, 6) is 0.503. The Labute approximate surface area is 182 Å². The maximum Gasteiger partial charge on any atom is 0.0342 e. The van der Waals surface area contributed by atoms with Crippen LogP contribution in [0.15, 0.2) is 127 Å². The van der Waals surface area contributed by atoms with Crippen LogP contribution in [0.25, 0.3) is 0 Å². The summed E-state index contributed by atoms with van der Waals surface area (Å²) in [6.07, 6.45) is 29.3. The average molecular weight is 396 g/mol. The van der Waals surface area contributed by atoms with E-state index in [4.69, 9.17) is 0 Å². The van der Waals surface area contributed by atoms with Gasteiger partial charge in [0.05, 0.1) is 0 Å². The van der Waals surface area contributed by atoms with Crippen LogP contribution in [0.2, 0.25) is 0 Å². The molecule has 0 spiro atoms. The molecular weight excluding hydrogens is 362 g/mol. The first-order valence-corrected chi connectivity index (χ1v) is 11.1. The Kier molecular flexibility index (Phi) is 9.54. The molecule has 1 nitrogen and oxygen atoms in total. The zero-order valence-corrected chi connectivity index (χ0v) is 17.7. The van der Waals surface area contributed by atoms with Crippen LogP contribution in [-0.2, 0) is 0 Å². The molecule has 3 rings (SSSR count). The van der Waals surface area contributed by atoms with E-state index < -0.39 is 0 Å². The van der Waals surface area contributed by atoms with Crippen molar-refractivity contribution in [2.75, 3.05) is 0 Å². The average Bonchev–Trinajstić information content (AvgIpc) is 2.99. The third kappa shape index (κ3) is 7.75. The van der Waals surface area contributed by atoms with Crippen molar-refractivity contribution >= 4 is 0 Å². The zero-order valence-electron chi connectivity index (χ0n) is 17.7. The summed E-state index contributed by atoms with van der Waals surface area (Å²) < 4.78 is 0. The molecule has 2 aliphatic rings. The molecule has 154 valence electrons. The molecule has 0 bridgehead atoms. The molecule has 0 radical (unpaired) electrons. The SMILES string of the molecule is C1=C\C=C/C=C\C(NC2CCCCCC2c2ccccccccc2)=C/C=C\C=C/1. The highest BCUT2D eigenvalue weighted by Gasteiger charge is 2.24. The lowest BCUT2D eigenvalue weighted by atomic mass is 9.88. The van der Waals surface area contributed by atoms with Gasteiger partial charge in [0.15, 0.2) is 0 Å². The molecule has 1 aromatic carbocycles. The van der Waals surface area contributed by atoms with Crippen LogP contribution in [0.3, 0.4) is 0 Å². The molecule has 0 aromatic heterocycles. The number of hydrogen-bond donors (Lipinski definition) is 1. The molecule has 0 aliphatic heterocycles. The highest BCUT2D eigenvalue weighted by Crippen LogP contribution is 2.32. The van der Waals surface area contributed by atoms with Gasteiger partial charge >= 0.3 is 0 Å². The Bertz CT molecular complexity index is 856. The minimum Gasteiger partial charge on any atom is -0.382 e. The minimum atomic E-state index is 0.427. The molecule has 1 aromatic rings. The normalized spacial score (nSPS) is 28.6. The van der Waals surface area contributed by atoms with Crippen LogP contribution in [0, 0.1) is 0 Å². The van der Waals surface area contributed by atoms with Crippen LogP contribution < -0.4 is 5.32 Å². The first-order valence-electron chi connectivity index (χ1n) is 11.1. The van der Waals surface area contributed by atoms with Crippen LogP contribution >= 0.6 is 0 Å². The molecule has 1 fully saturated rings. The van der Waals surface area contributed by atoms with E-state index in [-0.39, 0.29) is 0 Å². The molecule has 0 saturated heterocycles. The number of hydrogen-bond acceptors (Lipinski definition) is 1. The van der Waals surface area contributed by atoms with Gasteiger partial charge in [-0.1, -0.05) is 129 Å². The third-order valence-electron chi connectivity index (χ3n) is 5.48. The summed E-state index contributed by atoms with van der Waals surface area (Å²) in [5, 5.41) is 3.88. The third-order valence-corrected chi connectivity index (χ3v) is 5.48. The summed E-state index contributed by atoms with van der Waals surface area (Å²) in [7, 11) is 0. The second-order valence-corrected chi connectivity index (χ2v) is 7.70. The van der Waals surface area contributed by atoms with Crippen LogP contribution in [0.4, 0.5) is 0 Å². The van der Waals surface area contributed by atoms with Crippen LogP contribution in [0.5, 0.6) is 0 Å². The predicted octanol–water partition coefficient (Wildman–Crippen LogP) is 7.50. The lowest BCUT2D eigenvalue weighted by Gasteiger charge is -2.28. The molecule has 0 amide bonds. The summed E-state index contributed by atoms with van der Waals surface area (Å²) in [5.41, 5.74) is 2.57. The molecule has 1 N–H and O–H groups in total. The maximum atomic E-state index is 3.88. The molecule has 1 saturated carbocycles. The van der Waals surface area contributed by atoms with E-state index >= 15 is 0 Å². The van der Waals surface area contributed by atoms with E-state index in [1.807, 2.05) is 18.2 Å². The molecule has 2 aliphatic carbocycles. The van der Waals surface area contributed by atoms with Gasteiger partial charge in [0.25, 0.3) is 0 Å². The van der Waals surface area contributed by atoms with Crippen molar-refractivity contribution in [3.05, 3.63) is 133 Å². The first-order chi connectivity index (χ1) is 14.9. The number of allylic oxidation sites excluding steroid dienone is 11. The van der Waals surface area contributed by atoms with E-state index in [0.29, 0.717) is 12.0 Å². The van der Waals surface area contributed by atoms with Gasteiger partial charge in [0.1, 0.15) is 0 Å². The Balaban J connectivity index is 1.87. The van der Waals surface area contributed by atoms with Gasteiger partial charge < -0.3 is 5.32 Å². The largest absolute Gasteiger partial charge is 0.382 e. The fourth-order valence-electron chi connectivity index (χ4n) is 3.97. The van der Waals surface area contributed by atoms with Gasteiger partial charge in [0.2, 0.25) is 0 Å². The van der Waals surface area contributed by atoms with Crippen molar-refractivity contribution in [3.8, 4) is 0 Å². The van der Waals surface area contributed by atoms with Crippen molar-refractivity contribution in [3.63, 3.8) is 0 Å². The topological polar surface area (TPSA) is 12.0 Å². The van der Waals surface area contributed by atoms with E-state index in [0.717, 1.165) is 5.70 Å². The van der Waals surface area contributed by atoms with Gasteiger partial charge in [-0.25, -0.2) is 0 Å². The van der Waals surface area contributed by atoms with Gasteiger partial charge in [-0.15, -0.1) is 0 Å².